The number of aliphatic hydroxyl groups excluding tert-OH is 1. The van der Waals surface area contributed by atoms with Gasteiger partial charge in [0.15, 0.2) is 5.43 Å². The van der Waals surface area contributed by atoms with Crippen LogP contribution in [0, 0.1) is 5.92 Å². The molecule has 2 aliphatic rings. The van der Waals surface area contributed by atoms with Crippen molar-refractivity contribution in [3.63, 3.8) is 0 Å². The van der Waals surface area contributed by atoms with Crippen LogP contribution in [-0.4, -0.2) is 161 Å². The number of ether oxygens (including phenoxy) is 5. The lowest BCUT2D eigenvalue weighted by Gasteiger charge is -2.18. The van der Waals surface area contributed by atoms with Crippen molar-refractivity contribution >= 4 is 68.3 Å². The fourth-order valence-corrected chi connectivity index (χ4v) is 11.7. The Kier molecular flexibility index (Phi) is 34.5. The number of aromatic carboxylic acids is 1. The molecule has 24 nitrogen and oxygen atoms in total. The number of carbonyl (C=O) groups excluding carboxylic acids is 1. The van der Waals surface area contributed by atoms with E-state index in [1.54, 1.807) is 6.07 Å². The molecule has 4 unspecified atom stereocenters. The van der Waals surface area contributed by atoms with Gasteiger partial charge in [-0.25, -0.2) is 13.9 Å². The molecule has 4 atom stereocenters. The molecule has 29 heteroatoms. The second-order valence-corrected chi connectivity index (χ2v) is 24.0. The lowest BCUT2D eigenvalue weighted by Crippen LogP contribution is -2.25. The van der Waals surface area contributed by atoms with Gasteiger partial charge in [-0.1, -0.05) is 53.3 Å². The highest BCUT2D eigenvalue weighted by atomic mass is 33.1. The Morgan fingerprint density at radius 2 is 1.21 bits per heavy atom. The molecule has 0 fully saturated rings. The fourth-order valence-electron chi connectivity index (χ4n) is 7.52. The van der Waals surface area contributed by atoms with Gasteiger partial charge >= 0.3 is 29.9 Å². The van der Waals surface area contributed by atoms with Crippen molar-refractivity contribution in [2.24, 2.45) is 5.92 Å². The number of nitrogens with one attached hydrogen (secondary N) is 1. The first kappa shape index (κ1) is 69.1. The van der Waals surface area contributed by atoms with Crippen molar-refractivity contribution in [3.8, 4) is 28.2 Å². The first-order valence-corrected chi connectivity index (χ1v) is 32.8. The van der Waals surface area contributed by atoms with Crippen molar-refractivity contribution in [2.75, 3.05) is 124 Å². The van der Waals surface area contributed by atoms with Crippen LogP contribution in [0.5, 0.6) is 5.75 Å². The number of phenols is 1. The van der Waals surface area contributed by atoms with Crippen LogP contribution in [0.3, 0.4) is 0 Å². The number of aromatic hydroxyl groups is 1. The van der Waals surface area contributed by atoms with Crippen LogP contribution in [-0.2, 0) is 60.0 Å². The van der Waals surface area contributed by atoms with Crippen molar-refractivity contribution in [3.05, 3.63) is 75.9 Å². The third kappa shape index (κ3) is 28.7. The summed E-state index contributed by atoms with van der Waals surface area (Å²) >= 11 is 0. The number of unbranched alkanes of at least 4 members (excludes halogenated alkanes) is 6. The highest BCUT2D eigenvalue weighted by Crippen LogP contribution is 2.45. The predicted octanol–water partition coefficient (Wildman–Crippen LogP) is 7.97. The molecule has 6 N–H and O–H groups in total. The maximum Gasteiger partial charge on any atom is 0.488 e. The summed E-state index contributed by atoms with van der Waals surface area (Å²) in [6.07, 6.45) is 7.77. The number of amides is 1. The van der Waals surface area contributed by atoms with Gasteiger partial charge in [0.1, 0.15) is 23.7 Å². The summed E-state index contributed by atoms with van der Waals surface area (Å²) < 4.78 is 93.4. The molecule has 1 heterocycles. The van der Waals surface area contributed by atoms with Crippen LogP contribution < -0.4 is 15.6 Å². The predicted molar refractivity (Wildman–Crippen MR) is 298 cm³/mol. The molecular weight excluding hydrogens is 1150 g/mol. The zero-order valence-corrected chi connectivity index (χ0v) is 48.8. The third-order valence-corrected chi connectivity index (χ3v) is 16.4. The summed E-state index contributed by atoms with van der Waals surface area (Å²) in [6, 6.07) is 12.6. The van der Waals surface area contributed by atoms with E-state index in [0.29, 0.717) is 55.6 Å². The molecule has 80 heavy (non-hydrogen) atoms. The largest absolute Gasteiger partial charge is 0.566 e. The summed E-state index contributed by atoms with van der Waals surface area (Å²) in [5, 5.41) is 32.3. The van der Waals surface area contributed by atoms with Gasteiger partial charge in [-0.2, -0.15) is 0 Å². The second kappa shape index (κ2) is 39.9. The molecular formula is C51H74NO23P3S2. The molecule has 0 saturated heterocycles. The molecule has 4 rings (SSSR count). The molecule has 0 spiro atoms. The summed E-state index contributed by atoms with van der Waals surface area (Å²) in [5.41, 5.74) is 0.847. The van der Waals surface area contributed by atoms with Crippen molar-refractivity contribution in [2.45, 2.75) is 64.2 Å². The van der Waals surface area contributed by atoms with E-state index in [1.165, 1.54) is 48.5 Å². The second-order valence-electron chi connectivity index (χ2n) is 17.7. The third-order valence-electron chi connectivity index (χ3n) is 11.5. The topological polar surface area (TPSA) is 344 Å². The minimum absolute atomic E-state index is 0.0557. The number of phosphoric ester groups is 2. The number of hydrogen-bond acceptors (Lipinski definition) is 22. The summed E-state index contributed by atoms with van der Waals surface area (Å²) in [7, 11) is -8.20. The molecule has 0 saturated carbocycles. The van der Waals surface area contributed by atoms with Gasteiger partial charge < -0.3 is 63.4 Å². The zero-order chi connectivity index (χ0) is 57.9. The Morgan fingerprint density at radius 3 is 1.81 bits per heavy atom. The standard InChI is InChI=1S/C51H74NO23P3S2/c53-18-6-3-9-33-80-79-32-8-2-1-7-19-71-77(61,62)72-30-28-68-26-24-66-22-20-65-21-23-67-25-27-69-29-31-73-78(63,64)74-38-39(37-70-76(59)60)10-4-5-17-52-50(56)40-11-14-43(46(34-40)51(57)58)49-44-15-12-41(54)35-47(44)75-48-36-42(55)13-16-45(48)49/h11-16,34-36,39,53-54H,1-10,17-33,37-38H2,(H,52,56)(H,57,58)(H,61,62)(H,63,64). The van der Waals surface area contributed by atoms with E-state index in [4.69, 9.17) is 55.8 Å². The maximum absolute atomic E-state index is 13.2. The zero-order valence-electron chi connectivity index (χ0n) is 44.5. The van der Waals surface area contributed by atoms with Crippen LogP contribution in [0.1, 0.15) is 84.9 Å². The van der Waals surface area contributed by atoms with Crippen molar-refractivity contribution in [1.82, 2.24) is 5.32 Å². The maximum atomic E-state index is 13.2. The molecule has 0 aromatic heterocycles. The molecule has 2 aromatic carbocycles. The minimum Gasteiger partial charge on any atom is -0.566 e. The first-order chi connectivity index (χ1) is 38.6. The van der Waals surface area contributed by atoms with Crippen LogP contribution in [0.2, 0.25) is 0 Å². The van der Waals surface area contributed by atoms with E-state index in [2.05, 4.69) is 5.32 Å². The normalized spacial score (nSPS) is 13.8. The van der Waals surface area contributed by atoms with E-state index in [-0.39, 0.29) is 138 Å². The average Bonchev–Trinajstić information content (AvgIpc) is 3.62. The van der Waals surface area contributed by atoms with Gasteiger partial charge in [0.05, 0.1) is 98.1 Å². The van der Waals surface area contributed by atoms with Gasteiger partial charge in [-0.3, -0.25) is 27.7 Å². The molecule has 448 valence electrons. The summed E-state index contributed by atoms with van der Waals surface area (Å²) in [6.45, 7) is 1.60. The van der Waals surface area contributed by atoms with E-state index >= 15 is 0 Å². The number of hydrogen-bond donors (Lipinski definition) is 6. The molecule has 0 bridgehead atoms. The first-order valence-electron chi connectivity index (χ1n) is 26.2. The number of fused-ring (bicyclic) bond motifs is 2. The van der Waals surface area contributed by atoms with Gasteiger partial charge in [0, 0.05) is 64.8 Å². The van der Waals surface area contributed by atoms with Crippen LogP contribution in [0.25, 0.3) is 33.4 Å². The molecule has 1 aliphatic heterocycles. The number of carboxylic acids is 1. The number of aliphatic hydroxyl groups is 1. The van der Waals surface area contributed by atoms with Gasteiger partial charge in [-0.15, -0.1) is 4.52 Å². The average molecular weight is 1230 g/mol. The molecule has 1 amide bonds. The fraction of sp³-hybridized carbons (Fsp3) is 0.588. The number of carboxylic acid groups (broad SMARTS) is 1. The highest BCUT2D eigenvalue weighted by molar-refractivity contribution is 8.76. The lowest BCUT2D eigenvalue weighted by molar-refractivity contribution is -0.186. The summed E-state index contributed by atoms with van der Waals surface area (Å²) in [5.74, 6) is -0.300. The Hall–Kier alpha value is -3.43. The monoisotopic (exact) mass is 1230 g/mol. The number of phosphoric acid groups is 2. The number of carbonyl (C=O) groups is 2. The van der Waals surface area contributed by atoms with Gasteiger partial charge in [0.25, 0.3) is 5.91 Å². The van der Waals surface area contributed by atoms with E-state index in [1.807, 2.05) is 21.6 Å². The van der Waals surface area contributed by atoms with Crippen molar-refractivity contribution < 1.29 is 104 Å². The Balaban J connectivity index is 0.985. The Morgan fingerprint density at radius 1 is 0.650 bits per heavy atom. The molecule has 0 radical (unpaired) electrons. The van der Waals surface area contributed by atoms with E-state index in [9.17, 15) is 53.0 Å². The van der Waals surface area contributed by atoms with Gasteiger partial charge in [-0.05, 0) is 85.1 Å². The van der Waals surface area contributed by atoms with Gasteiger partial charge in [0.2, 0.25) is 0 Å². The lowest BCUT2D eigenvalue weighted by atomic mass is 9.90. The molecule has 2 aromatic rings. The number of phenolic OH excluding ortho intramolecular Hbond substituents is 1. The highest BCUT2D eigenvalue weighted by Gasteiger charge is 2.26. The Bertz CT molecular complexity index is 2580. The van der Waals surface area contributed by atoms with Crippen LogP contribution in [0.15, 0.2) is 63.8 Å². The number of rotatable bonds is 48. The van der Waals surface area contributed by atoms with E-state index < -0.39 is 41.7 Å². The number of benzene rings is 3. The smallest absolute Gasteiger partial charge is 0.488 e. The van der Waals surface area contributed by atoms with Crippen LogP contribution >= 0.6 is 45.5 Å². The quantitative estimate of drug-likeness (QED) is 0.0106. The summed E-state index contributed by atoms with van der Waals surface area (Å²) in [4.78, 5) is 69.1. The minimum atomic E-state index is -4.57. The Labute approximate surface area is 473 Å². The molecule has 1 aliphatic carbocycles. The van der Waals surface area contributed by atoms with E-state index in [0.717, 1.165) is 50.0 Å². The van der Waals surface area contributed by atoms with Crippen LogP contribution in [0.4, 0.5) is 0 Å². The van der Waals surface area contributed by atoms with Crippen molar-refractivity contribution in [1.29, 1.82) is 0 Å². The SMILES string of the molecule is O=C(NCCCCC(CO[P+](=O)[O-])COP(=O)(O)OCCOCCOCCOCCOCCOCCOP(=O)(O)OCCCCCCSSCCCCCO)c1ccc(-c2c3ccc(=O)cc-3oc3cc(O)ccc23)c(C(=O)O)c1.